The van der Waals surface area contributed by atoms with E-state index < -0.39 is 9.84 Å². The number of likely N-dealkylation sites (N-methyl/N-ethyl adjacent to an activating group) is 1. The molecule has 0 saturated carbocycles. The lowest BCUT2D eigenvalue weighted by Crippen LogP contribution is -2.44. The number of sulfone groups is 1. The van der Waals surface area contributed by atoms with Crippen LogP contribution >= 0.6 is 20.6 Å². The SMILES string of the molecule is CCN(CC(=O)NC1CCS(=O)(=O)C1)C(=O)c1cc2c(P)cccc2s1. The first-order valence-corrected chi connectivity index (χ1v) is 11.6. The van der Waals surface area contributed by atoms with Gasteiger partial charge in [0, 0.05) is 22.7 Å². The quantitative estimate of drug-likeness (QED) is 0.748. The van der Waals surface area contributed by atoms with Crippen molar-refractivity contribution in [2.75, 3.05) is 24.6 Å². The molecule has 0 spiro atoms. The lowest BCUT2D eigenvalue weighted by molar-refractivity contribution is -0.122. The first-order valence-electron chi connectivity index (χ1n) is 8.36. The van der Waals surface area contributed by atoms with Gasteiger partial charge < -0.3 is 10.2 Å². The van der Waals surface area contributed by atoms with E-state index in [1.54, 1.807) is 0 Å². The van der Waals surface area contributed by atoms with E-state index in [1.165, 1.54) is 16.2 Å². The molecule has 0 aliphatic carbocycles. The molecule has 3 rings (SSSR count). The highest BCUT2D eigenvalue weighted by atomic mass is 32.2. The number of nitrogens with one attached hydrogen (secondary N) is 1. The summed E-state index contributed by atoms with van der Waals surface area (Å²) in [7, 11) is -0.389. The van der Waals surface area contributed by atoms with Crippen molar-refractivity contribution in [1.82, 2.24) is 10.2 Å². The maximum atomic E-state index is 12.8. The molecule has 2 amide bonds. The fourth-order valence-electron chi connectivity index (χ4n) is 3.03. The third-order valence-corrected chi connectivity index (χ3v) is 7.77. The van der Waals surface area contributed by atoms with Crippen LogP contribution in [0.4, 0.5) is 0 Å². The molecule has 1 aliphatic heterocycles. The van der Waals surface area contributed by atoms with Crippen molar-refractivity contribution in [3.8, 4) is 0 Å². The van der Waals surface area contributed by atoms with E-state index in [-0.39, 0.29) is 35.9 Å². The van der Waals surface area contributed by atoms with Gasteiger partial charge >= 0.3 is 0 Å². The first-order chi connectivity index (χ1) is 12.3. The van der Waals surface area contributed by atoms with Gasteiger partial charge in [-0.1, -0.05) is 12.1 Å². The number of carbonyl (C=O) groups excluding carboxylic acids is 2. The molecule has 2 aromatic rings. The average molecular weight is 412 g/mol. The Morgan fingerprint density at radius 1 is 1.38 bits per heavy atom. The first kappa shape index (κ1) is 19.3. The Kier molecular flexibility index (Phi) is 5.65. The number of fused-ring (bicyclic) bond motifs is 1. The molecule has 6 nitrogen and oxygen atoms in total. The van der Waals surface area contributed by atoms with E-state index in [0.717, 1.165) is 15.4 Å². The molecule has 0 radical (unpaired) electrons. The normalized spacial score (nSPS) is 18.8. The highest BCUT2D eigenvalue weighted by Crippen LogP contribution is 2.26. The van der Waals surface area contributed by atoms with E-state index in [1.807, 2.05) is 31.2 Å². The fraction of sp³-hybridized carbons (Fsp3) is 0.412. The van der Waals surface area contributed by atoms with Gasteiger partial charge in [-0.2, -0.15) is 0 Å². The third-order valence-electron chi connectivity index (χ3n) is 4.41. The lowest BCUT2D eigenvalue weighted by atomic mass is 10.2. The number of hydrogen-bond acceptors (Lipinski definition) is 5. The summed E-state index contributed by atoms with van der Waals surface area (Å²) >= 11 is 1.41. The van der Waals surface area contributed by atoms with Gasteiger partial charge in [-0.05, 0) is 30.8 Å². The number of thiophene rings is 1. The van der Waals surface area contributed by atoms with Crippen LogP contribution in [0.25, 0.3) is 10.1 Å². The Bertz CT molecular complexity index is 955. The van der Waals surface area contributed by atoms with Crippen molar-refractivity contribution in [3.63, 3.8) is 0 Å². The van der Waals surface area contributed by atoms with Gasteiger partial charge in [-0.3, -0.25) is 9.59 Å². The van der Waals surface area contributed by atoms with Crippen LogP contribution in [0.2, 0.25) is 0 Å². The van der Waals surface area contributed by atoms with E-state index in [9.17, 15) is 18.0 Å². The summed E-state index contributed by atoms with van der Waals surface area (Å²) in [5.74, 6) is -0.429. The van der Waals surface area contributed by atoms with Crippen molar-refractivity contribution < 1.29 is 18.0 Å². The van der Waals surface area contributed by atoms with Crippen molar-refractivity contribution in [1.29, 1.82) is 0 Å². The summed E-state index contributed by atoms with van der Waals surface area (Å²) in [4.78, 5) is 27.1. The number of amides is 2. The smallest absolute Gasteiger partial charge is 0.264 e. The van der Waals surface area contributed by atoms with Crippen LogP contribution in [0.5, 0.6) is 0 Å². The second kappa shape index (κ2) is 7.62. The van der Waals surface area contributed by atoms with Gasteiger partial charge in [-0.25, -0.2) is 8.42 Å². The van der Waals surface area contributed by atoms with Crippen LogP contribution in [0.3, 0.4) is 0 Å². The summed E-state index contributed by atoms with van der Waals surface area (Å²) in [6.07, 6.45) is 0.432. The second-order valence-electron chi connectivity index (χ2n) is 6.36. The van der Waals surface area contributed by atoms with E-state index in [2.05, 4.69) is 14.6 Å². The van der Waals surface area contributed by atoms with Crippen molar-refractivity contribution in [2.45, 2.75) is 19.4 Å². The number of nitrogens with zero attached hydrogens (tertiary/aromatic N) is 1. The maximum absolute atomic E-state index is 12.8. The number of hydrogen-bond donors (Lipinski definition) is 1. The van der Waals surface area contributed by atoms with Crippen molar-refractivity contribution in [2.24, 2.45) is 0 Å². The largest absolute Gasteiger partial charge is 0.351 e. The maximum Gasteiger partial charge on any atom is 0.264 e. The summed E-state index contributed by atoms with van der Waals surface area (Å²) in [6.45, 7) is 2.14. The van der Waals surface area contributed by atoms with E-state index >= 15 is 0 Å². The zero-order valence-electron chi connectivity index (χ0n) is 14.4. The topological polar surface area (TPSA) is 83.6 Å². The number of benzene rings is 1. The van der Waals surface area contributed by atoms with Crippen LogP contribution in [0.15, 0.2) is 24.3 Å². The molecule has 140 valence electrons. The van der Waals surface area contributed by atoms with Crippen LogP contribution in [-0.4, -0.2) is 55.8 Å². The number of carbonyl (C=O) groups is 2. The molecule has 1 saturated heterocycles. The minimum Gasteiger partial charge on any atom is -0.351 e. The van der Waals surface area contributed by atoms with Gasteiger partial charge in [0.25, 0.3) is 5.91 Å². The van der Waals surface area contributed by atoms with Crippen LogP contribution in [0.1, 0.15) is 23.0 Å². The molecule has 2 unspecified atom stereocenters. The van der Waals surface area contributed by atoms with Gasteiger partial charge in [0.05, 0.1) is 22.9 Å². The Labute approximate surface area is 159 Å². The van der Waals surface area contributed by atoms with Gasteiger partial charge in [0.2, 0.25) is 5.91 Å². The Morgan fingerprint density at radius 3 is 2.77 bits per heavy atom. The number of rotatable bonds is 5. The van der Waals surface area contributed by atoms with Crippen molar-refractivity contribution >= 4 is 57.6 Å². The molecule has 1 fully saturated rings. The molecular weight excluding hydrogens is 391 g/mol. The van der Waals surface area contributed by atoms with Gasteiger partial charge in [-0.15, -0.1) is 20.6 Å². The van der Waals surface area contributed by atoms with Crippen LogP contribution in [-0.2, 0) is 14.6 Å². The van der Waals surface area contributed by atoms with E-state index in [0.29, 0.717) is 17.8 Å². The van der Waals surface area contributed by atoms with Crippen molar-refractivity contribution in [3.05, 3.63) is 29.1 Å². The fourth-order valence-corrected chi connectivity index (χ4v) is 6.22. The predicted molar refractivity (Wildman–Crippen MR) is 108 cm³/mol. The molecule has 9 heteroatoms. The van der Waals surface area contributed by atoms with E-state index in [4.69, 9.17) is 0 Å². The monoisotopic (exact) mass is 412 g/mol. The third kappa shape index (κ3) is 4.24. The summed E-state index contributed by atoms with van der Waals surface area (Å²) < 4.78 is 24.0. The Morgan fingerprint density at radius 2 is 2.15 bits per heavy atom. The zero-order valence-corrected chi connectivity index (χ0v) is 17.2. The van der Waals surface area contributed by atoms with Crippen LogP contribution in [0, 0.1) is 0 Å². The Hall–Kier alpha value is -1.50. The van der Waals surface area contributed by atoms with Gasteiger partial charge in [0.1, 0.15) is 0 Å². The van der Waals surface area contributed by atoms with Gasteiger partial charge in [0.15, 0.2) is 9.84 Å². The summed E-state index contributed by atoms with van der Waals surface area (Å²) in [5.41, 5.74) is 0. The predicted octanol–water partition coefficient (Wildman–Crippen LogP) is 1.17. The standard InChI is InChI=1S/C17H21N2O4PS2/c1-2-19(9-16(20)18-11-6-7-26(22,23)10-11)17(21)15-8-12-13(24)4-3-5-14(12)25-15/h3-5,8,11H,2,6-7,9-10,24H2,1H3,(H,18,20). The van der Waals surface area contributed by atoms with Crippen LogP contribution < -0.4 is 10.6 Å². The summed E-state index contributed by atoms with van der Waals surface area (Å²) in [6, 6.07) is 7.37. The molecule has 1 aromatic carbocycles. The lowest BCUT2D eigenvalue weighted by Gasteiger charge is -2.20. The molecule has 1 N–H and O–H groups in total. The minimum atomic E-state index is -3.05. The molecule has 2 atom stereocenters. The average Bonchev–Trinajstić information content (AvgIpc) is 3.16. The molecule has 1 aromatic heterocycles. The molecule has 26 heavy (non-hydrogen) atoms. The summed E-state index contributed by atoms with van der Waals surface area (Å²) in [5, 5.41) is 4.77. The Balaban J connectivity index is 1.68. The zero-order chi connectivity index (χ0) is 18.9. The minimum absolute atomic E-state index is 0.0218. The highest BCUT2D eigenvalue weighted by molar-refractivity contribution is 7.91. The highest BCUT2D eigenvalue weighted by Gasteiger charge is 2.29. The molecule has 2 heterocycles. The molecule has 1 aliphatic rings. The molecule has 0 bridgehead atoms. The molecular formula is C17H21N2O4PS2. The second-order valence-corrected chi connectivity index (χ2v) is 10.3.